The van der Waals surface area contributed by atoms with Crippen LogP contribution in [0.3, 0.4) is 0 Å². The zero-order valence-electron chi connectivity index (χ0n) is 11.7. The number of pyridine rings is 1. The number of nitrogen functional groups attached to an aromatic ring is 1. The van der Waals surface area contributed by atoms with E-state index in [2.05, 4.69) is 20.9 Å². The van der Waals surface area contributed by atoms with Gasteiger partial charge in [0.05, 0.1) is 12.2 Å². The van der Waals surface area contributed by atoms with Gasteiger partial charge in [-0.25, -0.2) is 4.98 Å². The fourth-order valence-electron chi connectivity index (χ4n) is 2.00. The molecule has 1 aromatic heterocycles. The van der Waals surface area contributed by atoms with Crippen molar-refractivity contribution in [3.05, 3.63) is 52.1 Å². The minimum atomic E-state index is -0.410. The highest BCUT2D eigenvalue weighted by atomic mass is 79.9. The number of nitrogens with zero attached hydrogens (tertiary/aromatic N) is 2. The Hall–Kier alpha value is -2.08. The Morgan fingerprint density at radius 2 is 2.00 bits per heavy atom. The SMILES string of the molecule is Cc1nc(N(CC(N)=O)Cc2ccccc2N)ccc1Br. The van der Waals surface area contributed by atoms with Crippen LogP contribution in [-0.4, -0.2) is 17.4 Å². The number of nitrogens with two attached hydrogens (primary N) is 2. The Kier molecular flexibility index (Phi) is 4.80. The molecule has 0 fully saturated rings. The Labute approximate surface area is 132 Å². The summed E-state index contributed by atoms with van der Waals surface area (Å²) in [6.45, 7) is 2.46. The first-order valence-corrected chi connectivity index (χ1v) is 7.26. The Morgan fingerprint density at radius 1 is 1.29 bits per heavy atom. The third-order valence-electron chi connectivity index (χ3n) is 3.09. The van der Waals surface area contributed by atoms with Gasteiger partial charge >= 0.3 is 0 Å². The number of rotatable bonds is 5. The van der Waals surface area contributed by atoms with Gasteiger partial charge in [-0.05, 0) is 46.6 Å². The number of primary amides is 1. The van der Waals surface area contributed by atoms with Crippen LogP contribution < -0.4 is 16.4 Å². The number of benzene rings is 1. The summed E-state index contributed by atoms with van der Waals surface area (Å²) in [4.78, 5) is 17.6. The monoisotopic (exact) mass is 348 g/mol. The van der Waals surface area contributed by atoms with Crippen molar-refractivity contribution in [1.29, 1.82) is 0 Å². The number of aryl methyl sites for hydroxylation is 1. The Balaban J connectivity index is 2.32. The van der Waals surface area contributed by atoms with Gasteiger partial charge in [0.1, 0.15) is 5.82 Å². The highest BCUT2D eigenvalue weighted by molar-refractivity contribution is 9.10. The van der Waals surface area contributed by atoms with Crippen LogP contribution in [0.2, 0.25) is 0 Å². The van der Waals surface area contributed by atoms with Gasteiger partial charge in [0.25, 0.3) is 0 Å². The molecule has 4 N–H and O–H groups in total. The number of anilines is 2. The summed E-state index contributed by atoms with van der Waals surface area (Å²) in [7, 11) is 0. The van der Waals surface area contributed by atoms with E-state index in [4.69, 9.17) is 11.5 Å². The summed E-state index contributed by atoms with van der Waals surface area (Å²) < 4.78 is 0.921. The second-order valence-electron chi connectivity index (χ2n) is 4.76. The minimum absolute atomic E-state index is 0.0857. The predicted octanol–water partition coefficient (Wildman–Crippen LogP) is 2.23. The van der Waals surface area contributed by atoms with Gasteiger partial charge < -0.3 is 16.4 Å². The normalized spacial score (nSPS) is 10.4. The molecule has 1 amide bonds. The number of halogens is 1. The van der Waals surface area contributed by atoms with E-state index in [1.165, 1.54) is 0 Å². The van der Waals surface area contributed by atoms with Gasteiger partial charge in [-0.2, -0.15) is 0 Å². The molecule has 0 spiro atoms. The molecule has 110 valence electrons. The van der Waals surface area contributed by atoms with E-state index in [1.807, 2.05) is 48.2 Å². The lowest BCUT2D eigenvalue weighted by atomic mass is 10.1. The van der Waals surface area contributed by atoms with Gasteiger partial charge in [-0.15, -0.1) is 0 Å². The first-order valence-electron chi connectivity index (χ1n) is 6.47. The minimum Gasteiger partial charge on any atom is -0.398 e. The van der Waals surface area contributed by atoms with Gasteiger partial charge in [-0.1, -0.05) is 18.2 Å². The largest absolute Gasteiger partial charge is 0.398 e. The average Bonchev–Trinajstić information content (AvgIpc) is 2.43. The molecule has 0 radical (unpaired) electrons. The number of amides is 1. The van der Waals surface area contributed by atoms with Gasteiger partial charge in [0, 0.05) is 16.7 Å². The second-order valence-corrected chi connectivity index (χ2v) is 5.61. The summed E-state index contributed by atoms with van der Waals surface area (Å²) in [6, 6.07) is 11.3. The van der Waals surface area contributed by atoms with Gasteiger partial charge in [-0.3, -0.25) is 4.79 Å². The van der Waals surface area contributed by atoms with E-state index in [0.717, 1.165) is 15.7 Å². The van der Waals surface area contributed by atoms with Gasteiger partial charge in [0.15, 0.2) is 0 Å². The molecule has 1 aromatic carbocycles. The Bertz CT molecular complexity index is 660. The predicted molar refractivity (Wildman–Crippen MR) is 87.8 cm³/mol. The van der Waals surface area contributed by atoms with Crippen molar-refractivity contribution in [2.45, 2.75) is 13.5 Å². The first-order chi connectivity index (χ1) is 9.97. The molecule has 2 rings (SSSR count). The molecule has 0 atom stereocenters. The van der Waals surface area contributed by atoms with E-state index in [1.54, 1.807) is 0 Å². The van der Waals surface area contributed by atoms with Crippen LogP contribution in [0.4, 0.5) is 11.5 Å². The highest BCUT2D eigenvalue weighted by Gasteiger charge is 2.13. The molecule has 0 saturated carbocycles. The van der Waals surface area contributed by atoms with Crippen LogP contribution in [-0.2, 0) is 11.3 Å². The number of hydrogen-bond donors (Lipinski definition) is 2. The maximum absolute atomic E-state index is 11.3. The van der Waals surface area contributed by atoms with Crippen molar-refractivity contribution >= 4 is 33.3 Å². The lowest BCUT2D eigenvalue weighted by Crippen LogP contribution is -2.34. The third-order valence-corrected chi connectivity index (χ3v) is 3.93. The van der Waals surface area contributed by atoms with E-state index in [0.29, 0.717) is 18.1 Å². The summed E-state index contributed by atoms with van der Waals surface area (Å²) in [5.41, 5.74) is 13.8. The molecule has 5 nitrogen and oxygen atoms in total. The van der Waals surface area contributed by atoms with Crippen molar-refractivity contribution in [2.75, 3.05) is 17.2 Å². The number of aromatic nitrogens is 1. The number of hydrogen-bond acceptors (Lipinski definition) is 4. The summed E-state index contributed by atoms with van der Waals surface area (Å²) >= 11 is 3.42. The van der Waals surface area contributed by atoms with Crippen molar-refractivity contribution < 1.29 is 4.79 Å². The highest BCUT2D eigenvalue weighted by Crippen LogP contribution is 2.22. The summed E-state index contributed by atoms with van der Waals surface area (Å²) in [5.74, 6) is 0.282. The van der Waals surface area contributed by atoms with Crippen molar-refractivity contribution in [1.82, 2.24) is 4.98 Å². The molecule has 0 unspecified atom stereocenters. The molecule has 21 heavy (non-hydrogen) atoms. The molecule has 2 aromatic rings. The summed E-state index contributed by atoms with van der Waals surface area (Å²) in [5, 5.41) is 0. The maximum atomic E-state index is 11.3. The van der Waals surface area contributed by atoms with Crippen molar-refractivity contribution in [2.24, 2.45) is 5.73 Å². The number of carbonyl (C=O) groups is 1. The molecule has 0 aliphatic carbocycles. The lowest BCUT2D eigenvalue weighted by Gasteiger charge is -2.23. The van der Waals surface area contributed by atoms with Crippen LogP contribution in [0.25, 0.3) is 0 Å². The summed E-state index contributed by atoms with van der Waals surface area (Å²) in [6.07, 6.45) is 0. The molecule has 0 saturated heterocycles. The lowest BCUT2D eigenvalue weighted by molar-refractivity contribution is -0.116. The standard InChI is InChI=1S/C15H17BrN4O/c1-10-12(16)6-7-15(19-10)20(9-14(18)21)8-11-4-2-3-5-13(11)17/h2-7H,8-9,17H2,1H3,(H2,18,21). The van der Waals surface area contributed by atoms with E-state index in [-0.39, 0.29) is 6.54 Å². The van der Waals surface area contributed by atoms with E-state index in [9.17, 15) is 4.79 Å². The zero-order chi connectivity index (χ0) is 15.4. The number of para-hydroxylation sites is 1. The fraction of sp³-hybridized carbons (Fsp3) is 0.200. The topological polar surface area (TPSA) is 85.2 Å². The average molecular weight is 349 g/mol. The van der Waals surface area contributed by atoms with Crippen molar-refractivity contribution in [3.8, 4) is 0 Å². The molecule has 0 bridgehead atoms. The zero-order valence-corrected chi connectivity index (χ0v) is 13.3. The van der Waals surface area contributed by atoms with E-state index < -0.39 is 5.91 Å². The van der Waals surface area contributed by atoms with Crippen LogP contribution >= 0.6 is 15.9 Å². The molecular formula is C15H17BrN4O. The number of carbonyl (C=O) groups excluding carboxylic acids is 1. The van der Waals surface area contributed by atoms with Gasteiger partial charge in [0.2, 0.25) is 5.91 Å². The molecule has 1 heterocycles. The molecule has 6 heteroatoms. The van der Waals surface area contributed by atoms with Crippen LogP contribution in [0.15, 0.2) is 40.9 Å². The smallest absolute Gasteiger partial charge is 0.237 e. The van der Waals surface area contributed by atoms with Crippen LogP contribution in [0, 0.1) is 6.92 Å². The fourth-order valence-corrected chi connectivity index (χ4v) is 2.22. The first kappa shape index (κ1) is 15.3. The molecule has 0 aliphatic rings. The Morgan fingerprint density at radius 3 is 2.62 bits per heavy atom. The van der Waals surface area contributed by atoms with Crippen LogP contribution in [0.1, 0.15) is 11.3 Å². The quantitative estimate of drug-likeness (QED) is 0.811. The van der Waals surface area contributed by atoms with Crippen LogP contribution in [0.5, 0.6) is 0 Å². The second kappa shape index (κ2) is 6.58. The third kappa shape index (κ3) is 3.95. The molecule has 0 aliphatic heterocycles. The molecular weight excluding hydrogens is 332 g/mol. The van der Waals surface area contributed by atoms with Crippen molar-refractivity contribution in [3.63, 3.8) is 0 Å². The maximum Gasteiger partial charge on any atom is 0.237 e. The van der Waals surface area contributed by atoms with E-state index >= 15 is 0 Å².